The minimum absolute atomic E-state index is 0.0694. The van der Waals surface area contributed by atoms with Gasteiger partial charge in [0.25, 0.3) is 0 Å². The van der Waals surface area contributed by atoms with E-state index in [9.17, 15) is 5.11 Å². The number of hydrogen-bond acceptors (Lipinski definition) is 2. The van der Waals surface area contributed by atoms with Crippen molar-refractivity contribution >= 4 is 7.85 Å². The van der Waals surface area contributed by atoms with E-state index in [1.54, 1.807) is 0 Å². The van der Waals surface area contributed by atoms with Crippen LogP contribution in [0.15, 0.2) is 0 Å². The van der Waals surface area contributed by atoms with Gasteiger partial charge in [0.05, 0.1) is 6.10 Å². The van der Waals surface area contributed by atoms with Gasteiger partial charge in [-0.1, -0.05) is 0 Å². The molecule has 0 bridgehead atoms. The maximum absolute atomic E-state index is 9.32. The van der Waals surface area contributed by atoms with Gasteiger partial charge >= 0.3 is 0 Å². The van der Waals surface area contributed by atoms with Crippen molar-refractivity contribution in [2.75, 3.05) is 13.1 Å². The summed E-state index contributed by atoms with van der Waals surface area (Å²) in [6.45, 7) is 2.05. The molecule has 0 aliphatic carbocycles. The Balaban J connectivity index is 2.32. The van der Waals surface area contributed by atoms with Crippen LogP contribution < -0.4 is 5.32 Å². The molecule has 0 aromatic carbocycles. The summed E-state index contributed by atoms with van der Waals surface area (Å²) in [4.78, 5) is 0. The summed E-state index contributed by atoms with van der Waals surface area (Å²) in [5.74, 6) is 0.486. The second-order valence-electron chi connectivity index (χ2n) is 2.87. The first-order chi connectivity index (χ1) is 4.30. The molecule has 1 fully saturated rings. The maximum atomic E-state index is 9.32. The fraction of sp³-hybridized carbons (Fsp3) is 1.00. The highest BCUT2D eigenvalue weighted by Gasteiger charge is 2.15. The fourth-order valence-electron chi connectivity index (χ4n) is 1.18. The number of nitrogens with one attached hydrogen (secondary N) is 1. The van der Waals surface area contributed by atoms with Crippen LogP contribution in [0.5, 0.6) is 0 Å². The molecule has 3 heteroatoms. The summed E-state index contributed by atoms with van der Waals surface area (Å²) in [5.41, 5.74) is 0. The highest BCUT2D eigenvalue weighted by molar-refractivity contribution is 6.12. The Labute approximate surface area is 57.1 Å². The fourth-order valence-corrected chi connectivity index (χ4v) is 1.18. The molecule has 0 amide bonds. The van der Waals surface area contributed by atoms with Gasteiger partial charge in [-0.2, -0.15) is 0 Å². The van der Waals surface area contributed by atoms with Gasteiger partial charge in [0.1, 0.15) is 7.85 Å². The monoisotopic (exact) mass is 127 g/mol. The topological polar surface area (TPSA) is 32.3 Å². The lowest BCUT2D eigenvalue weighted by Crippen LogP contribution is -2.15. The number of rotatable bonds is 0. The summed E-state index contributed by atoms with van der Waals surface area (Å²) < 4.78 is 0. The van der Waals surface area contributed by atoms with E-state index in [1.165, 1.54) is 0 Å². The Morgan fingerprint density at radius 3 is 2.78 bits per heavy atom. The summed E-state index contributed by atoms with van der Waals surface area (Å²) >= 11 is 0. The lowest BCUT2D eigenvalue weighted by molar-refractivity contribution is 0.162. The highest BCUT2D eigenvalue weighted by Crippen LogP contribution is 2.15. The summed E-state index contributed by atoms with van der Waals surface area (Å²) in [7, 11) is 2.11. The van der Waals surface area contributed by atoms with Crippen molar-refractivity contribution < 1.29 is 5.11 Å². The normalized spacial score (nSPS) is 37.9. The van der Waals surface area contributed by atoms with Crippen molar-refractivity contribution in [1.29, 1.82) is 0 Å². The van der Waals surface area contributed by atoms with Gasteiger partial charge in [-0.25, -0.2) is 0 Å². The van der Waals surface area contributed by atoms with Crippen LogP contribution in [0.4, 0.5) is 0 Å². The van der Waals surface area contributed by atoms with Crippen molar-refractivity contribution in [1.82, 2.24) is 5.32 Å². The van der Waals surface area contributed by atoms with E-state index in [0.717, 1.165) is 25.9 Å². The van der Waals surface area contributed by atoms with Gasteiger partial charge in [-0.05, 0) is 31.7 Å². The average molecular weight is 127 g/mol. The molecule has 1 aliphatic heterocycles. The van der Waals surface area contributed by atoms with Gasteiger partial charge in [-0.15, -0.1) is 0 Å². The van der Waals surface area contributed by atoms with Crippen LogP contribution in [0.25, 0.3) is 0 Å². The largest absolute Gasteiger partial charge is 0.394 e. The molecular formula is C6H14BNO. The molecule has 1 heterocycles. The molecule has 2 atom stereocenters. The second kappa shape index (κ2) is 3.23. The van der Waals surface area contributed by atoms with Crippen molar-refractivity contribution in [2.24, 2.45) is 0 Å². The van der Waals surface area contributed by atoms with E-state index in [4.69, 9.17) is 0 Å². The van der Waals surface area contributed by atoms with E-state index in [2.05, 4.69) is 13.2 Å². The highest BCUT2D eigenvalue weighted by atomic mass is 16.3. The molecule has 2 N–H and O–H groups in total. The van der Waals surface area contributed by atoms with Crippen molar-refractivity contribution in [3.05, 3.63) is 0 Å². The minimum Gasteiger partial charge on any atom is -0.394 e. The molecule has 1 aliphatic rings. The Morgan fingerprint density at radius 1 is 1.33 bits per heavy atom. The van der Waals surface area contributed by atoms with Gasteiger partial charge in [0.2, 0.25) is 0 Å². The third-order valence-electron chi connectivity index (χ3n) is 2.05. The third kappa shape index (κ3) is 1.99. The van der Waals surface area contributed by atoms with Crippen LogP contribution in [0, 0.1) is 0 Å². The molecule has 1 rings (SSSR count). The van der Waals surface area contributed by atoms with Gasteiger partial charge < -0.3 is 10.4 Å². The standard InChI is InChI=1S/C6H14BNO/c7-5-1-3-8-4-2-6(5)9/h5-6,8-9H,1-4,7H2/t5-,6-/m0/s1. The van der Waals surface area contributed by atoms with Crippen LogP contribution in [-0.2, 0) is 0 Å². The molecule has 2 nitrogen and oxygen atoms in total. The van der Waals surface area contributed by atoms with E-state index >= 15 is 0 Å². The van der Waals surface area contributed by atoms with Crippen molar-refractivity contribution in [3.63, 3.8) is 0 Å². The van der Waals surface area contributed by atoms with Gasteiger partial charge in [-0.3, -0.25) is 0 Å². The van der Waals surface area contributed by atoms with Crippen LogP contribution in [0.2, 0.25) is 5.82 Å². The first-order valence-electron chi connectivity index (χ1n) is 3.69. The summed E-state index contributed by atoms with van der Waals surface area (Å²) in [6, 6.07) is 0. The zero-order chi connectivity index (χ0) is 6.69. The predicted molar refractivity (Wildman–Crippen MR) is 40.4 cm³/mol. The first-order valence-corrected chi connectivity index (χ1v) is 3.69. The SMILES string of the molecule is B[C@H]1CCNCC[C@@H]1O. The Hall–Kier alpha value is -0.0151. The second-order valence-corrected chi connectivity index (χ2v) is 2.87. The average Bonchev–Trinajstić information content (AvgIpc) is 1.99. The zero-order valence-electron chi connectivity index (χ0n) is 5.93. The molecule has 0 spiro atoms. The molecule has 0 saturated carbocycles. The lowest BCUT2D eigenvalue weighted by atomic mass is 9.79. The first kappa shape index (κ1) is 7.10. The van der Waals surface area contributed by atoms with Crippen LogP contribution >= 0.6 is 0 Å². The molecular weight excluding hydrogens is 113 g/mol. The molecule has 9 heavy (non-hydrogen) atoms. The van der Waals surface area contributed by atoms with Gasteiger partial charge in [0.15, 0.2) is 0 Å². The number of aliphatic hydroxyl groups is 1. The third-order valence-corrected chi connectivity index (χ3v) is 2.05. The molecule has 0 unspecified atom stereocenters. The van der Waals surface area contributed by atoms with E-state index < -0.39 is 0 Å². The number of hydrogen-bond donors (Lipinski definition) is 2. The molecule has 1 saturated heterocycles. The van der Waals surface area contributed by atoms with Crippen LogP contribution in [0.3, 0.4) is 0 Å². The molecule has 0 radical (unpaired) electrons. The van der Waals surface area contributed by atoms with E-state index in [1.807, 2.05) is 0 Å². The van der Waals surface area contributed by atoms with Crippen molar-refractivity contribution in [3.8, 4) is 0 Å². The Morgan fingerprint density at radius 2 is 2.00 bits per heavy atom. The van der Waals surface area contributed by atoms with E-state index in [0.29, 0.717) is 5.82 Å². The van der Waals surface area contributed by atoms with Crippen LogP contribution in [0.1, 0.15) is 12.8 Å². The molecule has 0 aromatic heterocycles. The Bertz CT molecular complexity index is 79.1. The van der Waals surface area contributed by atoms with Gasteiger partial charge in [0, 0.05) is 0 Å². The zero-order valence-corrected chi connectivity index (χ0v) is 5.93. The lowest BCUT2D eigenvalue weighted by Gasteiger charge is -2.12. The van der Waals surface area contributed by atoms with Crippen molar-refractivity contribution in [2.45, 2.75) is 24.8 Å². The van der Waals surface area contributed by atoms with E-state index in [-0.39, 0.29) is 6.10 Å². The molecule has 52 valence electrons. The summed E-state index contributed by atoms with van der Waals surface area (Å²) in [6.07, 6.45) is 1.96. The maximum Gasteiger partial charge on any atom is 0.108 e. The van der Waals surface area contributed by atoms with Crippen LogP contribution in [-0.4, -0.2) is 32.1 Å². The smallest absolute Gasteiger partial charge is 0.108 e. The molecule has 0 aromatic rings. The predicted octanol–water partition coefficient (Wildman–Crippen LogP) is -0.848. The Kier molecular flexibility index (Phi) is 2.55. The summed E-state index contributed by atoms with van der Waals surface area (Å²) in [5, 5.41) is 12.6. The quantitative estimate of drug-likeness (QED) is 0.415. The number of aliphatic hydroxyl groups excluding tert-OH is 1. The minimum atomic E-state index is -0.0694.